The number of H-pyrrole nitrogens is 1. The molecule has 0 amide bonds. The SMILES string of the molecule is Cc1c[nH]c(=O)c2ccc(N(Cc3ccccc3)Cc3ccccc3)cc12. The number of rotatable bonds is 5. The maximum Gasteiger partial charge on any atom is 0.255 e. The summed E-state index contributed by atoms with van der Waals surface area (Å²) in [6, 6.07) is 27.1. The van der Waals surface area contributed by atoms with Crippen LogP contribution in [0, 0.1) is 6.92 Å². The minimum absolute atomic E-state index is 0.0418. The number of nitrogens with zero attached hydrogens (tertiary/aromatic N) is 1. The van der Waals surface area contributed by atoms with E-state index in [1.807, 2.05) is 31.2 Å². The van der Waals surface area contributed by atoms with E-state index in [-0.39, 0.29) is 5.56 Å². The molecule has 0 bridgehead atoms. The van der Waals surface area contributed by atoms with Crippen molar-refractivity contribution in [1.82, 2.24) is 4.98 Å². The van der Waals surface area contributed by atoms with E-state index < -0.39 is 0 Å². The van der Waals surface area contributed by atoms with Crippen molar-refractivity contribution < 1.29 is 0 Å². The van der Waals surface area contributed by atoms with E-state index >= 15 is 0 Å². The third kappa shape index (κ3) is 3.77. The summed E-state index contributed by atoms with van der Waals surface area (Å²) in [5, 5.41) is 1.74. The zero-order chi connectivity index (χ0) is 18.6. The molecule has 0 fully saturated rings. The maximum absolute atomic E-state index is 12.1. The van der Waals surface area contributed by atoms with Gasteiger partial charge in [-0.05, 0) is 47.2 Å². The fraction of sp³-hybridized carbons (Fsp3) is 0.125. The average Bonchev–Trinajstić information content (AvgIpc) is 2.72. The molecule has 4 aromatic rings. The molecular weight excluding hydrogens is 332 g/mol. The van der Waals surface area contributed by atoms with Crippen molar-refractivity contribution in [3.63, 3.8) is 0 Å². The lowest BCUT2D eigenvalue weighted by atomic mass is 10.1. The lowest BCUT2D eigenvalue weighted by Gasteiger charge is -2.26. The number of fused-ring (bicyclic) bond motifs is 1. The van der Waals surface area contributed by atoms with E-state index in [2.05, 4.69) is 64.5 Å². The van der Waals surface area contributed by atoms with Crippen molar-refractivity contribution >= 4 is 16.5 Å². The topological polar surface area (TPSA) is 36.1 Å². The van der Waals surface area contributed by atoms with Crippen LogP contribution >= 0.6 is 0 Å². The molecule has 0 unspecified atom stereocenters. The molecule has 3 heteroatoms. The number of aromatic nitrogens is 1. The van der Waals surface area contributed by atoms with Gasteiger partial charge in [-0.1, -0.05) is 60.7 Å². The molecule has 134 valence electrons. The van der Waals surface area contributed by atoms with Crippen LogP contribution in [0.5, 0.6) is 0 Å². The first kappa shape index (κ1) is 17.1. The highest BCUT2D eigenvalue weighted by Crippen LogP contribution is 2.25. The van der Waals surface area contributed by atoms with Gasteiger partial charge in [-0.25, -0.2) is 0 Å². The molecule has 0 saturated carbocycles. The van der Waals surface area contributed by atoms with Gasteiger partial charge in [0.25, 0.3) is 5.56 Å². The van der Waals surface area contributed by atoms with Crippen molar-refractivity contribution in [2.75, 3.05) is 4.90 Å². The zero-order valence-electron chi connectivity index (χ0n) is 15.4. The van der Waals surface area contributed by atoms with Crippen LogP contribution in [0.15, 0.2) is 89.9 Å². The fourth-order valence-corrected chi connectivity index (χ4v) is 3.43. The second-order valence-corrected chi connectivity index (χ2v) is 6.86. The normalized spacial score (nSPS) is 10.9. The smallest absolute Gasteiger partial charge is 0.255 e. The van der Waals surface area contributed by atoms with E-state index in [1.165, 1.54) is 11.1 Å². The molecule has 3 aromatic carbocycles. The summed E-state index contributed by atoms with van der Waals surface area (Å²) < 4.78 is 0. The van der Waals surface area contributed by atoms with Crippen LogP contribution in [-0.4, -0.2) is 4.98 Å². The number of aromatic amines is 1. The second-order valence-electron chi connectivity index (χ2n) is 6.86. The quantitative estimate of drug-likeness (QED) is 0.545. The molecular formula is C24H22N2O. The molecule has 3 nitrogen and oxygen atoms in total. The molecule has 0 saturated heterocycles. The van der Waals surface area contributed by atoms with E-state index in [1.54, 1.807) is 6.20 Å². The first-order valence-corrected chi connectivity index (χ1v) is 9.15. The molecule has 1 aromatic heterocycles. The summed E-state index contributed by atoms with van der Waals surface area (Å²) in [6.07, 6.45) is 1.78. The van der Waals surface area contributed by atoms with Gasteiger partial charge in [0.1, 0.15) is 0 Å². The maximum atomic E-state index is 12.1. The molecule has 0 aliphatic rings. The highest BCUT2D eigenvalue weighted by Gasteiger charge is 2.11. The highest BCUT2D eigenvalue weighted by atomic mass is 16.1. The van der Waals surface area contributed by atoms with Gasteiger partial charge in [-0.3, -0.25) is 4.79 Å². The predicted molar refractivity (Wildman–Crippen MR) is 112 cm³/mol. The lowest BCUT2D eigenvalue weighted by molar-refractivity contribution is 0.800. The largest absolute Gasteiger partial charge is 0.363 e. The van der Waals surface area contributed by atoms with Crippen LogP contribution < -0.4 is 10.5 Å². The van der Waals surface area contributed by atoms with E-state index in [9.17, 15) is 4.79 Å². The highest BCUT2D eigenvalue weighted by molar-refractivity contribution is 5.87. The minimum atomic E-state index is -0.0418. The Bertz CT molecular complexity index is 1060. The Balaban J connectivity index is 1.76. The molecule has 1 N–H and O–H groups in total. The predicted octanol–water partition coefficient (Wildman–Crippen LogP) is 5.04. The Morgan fingerprint density at radius 3 is 1.96 bits per heavy atom. The summed E-state index contributed by atoms with van der Waals surface area (Å²) in [5.74, 6) is 0. The number of benzene rings is 3. The third-order valence-corrected chi connectivity index (χ3v) is 4.89. The molecule has 1 heterocycles. The van der Waals surface area contributed by atoms with Crippen LogP contribution in [-0.2, 0) is 13.1 Å². The van der Waals surface area contributed by atoms with Gasteiger partial charge >= 0.3 is 0 Å². The Morgan fingerprint density at radius 1 is 0.778 bits per heavy atom. The van der Waals surface area contributed by atoms with Gasteiger partial charge in [0.15, 0.2) is 0 Å². The zero-order valence-corrected chi connectivity index (χ0v) is 15.4. The van der Waals surface area contributed by atoms with Crippen molar-refractivity contribution in [1.29, 1.82) is 0 Å². The van der Waals surface area contributed by atoms with Crippen LogP contribution in [0.25, 0.3) is 10.8 Å². The Hall–Kier alpha value is -3.33. The monoisotopic (exact) mass is 354 g/mol. The number of hydrogen-bond acceptors (Lipinski definition) is 2. The number of anilines is 1. The van der Waals surface area contributed by atoms with Crippen LogP contribution in [0.1, 0.15) is 16.7 Å². The molecule has 0 spiro atoms. The van der Waals surface area contributed by atoms with Gasteiger partial charge < -0.3 is 9.88 Å². The molecule has 0 radical (unpaired) electrons. The van der Waals surface area contributed by atoms with Crippen LogP contribution in [0.2, 0.25) is 0 Å². The van der Waals surface area contributed by atoms with Crippen molar-refractivity contribution in [2.24, 2.45) is 0 Å². The average molecular weight is 354 g/mol. The summed E-state index contributed by atoms with van der Waals surface area (Å²) in [7, 11) is 0. The lowest BCUT2D eigenvalue weighted by Crippen LogP contribution is -2.22. The molecule has 0 atom stereocenters. The number of aryl methyl sites for hydroxylation is 1. The van der Waals surface area contributed by atoms with Gasteiger partial charge in [0.2, 0.25) is 0 Å². The summed E-state index contributed by atoms with van der Waals surface area (Å²) in [6.45, 7) is 3.65. The first-order chi connectivity index (χ1) is 13.2. The van der Waals surface area contributed by atoms with Gasteiger partial charge in [0, 0.05) is 30.4 Å². The number of hydrogen-bond donors (Lipinski definition) is 1. The van der Waals surface area contributed by atoms with Crippen molar-refractivity contribution in [3.8, 4) is 0 Å². The van der Waals surface area contributed by atoms with Crippen molar-refractivity contribution in [2.45, 2.75) is 20.0 Å². The molecule has 27 heavy (non-hydrogen) atoms. The summed E-state index contributed by atoms with van der Waals surface area (Å²) >= 11 is 0. The third-order valence-electron chi connectivity index (χ3n) is 4.89. The fourth-order valence-electron chi connectivity index (χ4n) is 3.43. The molecule has 0 aliphatic heterocycles. The van der Waals surface area contributed by atoms with E-state index in [0.717, 1.165) is 35.1 Å². The van der Waals surface area contributed by atoms with Crippen LogP contribution in [0.3, 0.4) is 0 Å². The molecule has 0 aliphatic carbocycles. The van der Waals surface area contributed by atoms with Gasteiger partial charge in [0.05, 0.1) is 0 Å². The van der Waals surface area contributed by atoms with E-state index in [4.69, 9.17) is 0 Å². The Labute approximate surface area is 158 Å². The summed E-state index contributed by atoms with van der Waals surface area (Å²) in [4.78, 5) is 17.3. The summed E-state index contributed by atoms with van der Waals surface area (Å²) in [5.41, 5.74) is 4.67. The second kappa shape index (κ2) is 7.50. The minimum Gasteiger partial charge on any atom is -0.363 e. The van der Waals surface area contributed by atoms with Crippen molar-refractivity contribution in [3.05, 3.63) is 112 Å². The Morgan fingerprint density at radius 2 is 1.37 bits per heavy atom. The Kier molecular flexibility index (Phi) is 4.75. The van der Waals surface area contributed by atoms with E-state index in [0.29, 0.717) is 0 Å². The number of nitrogens with one attached hydrogen (secondary N) is 1. The van der Waals surface area contributed by atoms with Gasteiger partial charge in [-0.15, -0.1) is 0 Å². The van der Waals surface area contributed by atoms with Gasteiger partial charge in [-0.2, -0.15) is 0 Å². The molecule has 4 rings (SSSR count). The standard InChI is InChI=1S/C24H22N2O/c1-18-15-25-24(27)22-13-12-21(14-23(18)22)26(16-19-8-4-2-5-9-19)17-20-10-6-3-7-11-20/h2-15H,16-17H2,1H3,(H,25,27). The number of pyridine rings is 1. The van der Waals surface area contributed by atoms with Crippen LogP contribution in [0.4, 0.5) is 5.69 Å². The first-order valence-electron chi connectivity index (χ1n) is 9.15.